The number of carbonyl (C=O) groups is 1. The highest BCUT2D eigenvalue weighted by Crippen LogP contribution is 2.46. The molecule has 4 rings (SSSR count). The molecule has 0 saturated carbocycles. The minimum Gasteiger partial charge on any atom is -0.364 e. The maximum Gasteiger partial charge on any atom is 0.270 e. The van der Waals surface area contributed by atoms with Gasteiger partial charge in [-0.15, -0.1) is 0 Å². The third-order valence-corrected chi connectivity index (χ3v) is 7.58. The van der Waals surface area contributed by atoms with Gasteiger partial charge < -0.3 is 4.90 Å². The summed E-state index contributed by atoms with van der Waals surface area (Å²) in [7, 11) is 0. The average Bonchev–Trinajstić information content (AvgIpc) is 2.96. The average molecular weight is 451 g/mol. The van der Waals surface area contributed by atoms with Crippen LogP contribution in [0.2, 0.25) is 0 Å². The van der Waals surface area contributed by atoms with Crippen LogP contribution in [0.25, 0.3) is 6.08 Å². The highest BCUT2D eigenvalue weighted by Gasteiger charge is 2.38. The van der Waals surface area contributed by atoms with E-state index < -0.39 is 0 Å². The molecule has 162 valence electrons. The number of para-hydroxylation sites is 1. The maximum absolute atomic E-state index is 13.2. The zero-order valence-corrected chi connectivity index (χ0v) is 20.7. The Morgan fingerprint density at radius 1 is 1.19 bits per heavy atom. The summed E-state index contributed by atoms with van der Waals surface area (Å²) in [5.41, 5.74) is 5.90. The van der Waals surface area contributed by atoms with Crippen molar-refractivity contribution >= 4 is 51.7 Å². The van der Waals surface area contributed by atoms with Crippen molar-refractivity contribution in [2.75, 3.05) is 9.80 Å². The molecule has 2 heterocycles. The van der Waals surface area contributed by atoms with Crippen molar-refractivity contribution in [3.63, 3.8) is 0 Å². The van der Waals surface area contributed by atoms with Gasteiger partial charge in [0.1, 0.15) is 0 Å². The minimum absolute atomic E-state index is 0.0451. The van der Waals surface area contributed by atoms with Gasteiger partial charge in [-0.05, 0) is 94.0 Å². The number of carbonyl (C=O) groups excluding carboxylic acids is 1. The van der Waals surface area contributed by atoms with Gasteiger partial charge in [-0.1, -0.05) is 49.1 Å². The topological polar surface area (TPSA) is 23.6 Å². The van der Waals surface area contributed by atoms with Crippen LogP contribution in [0.1, 0.15) is 63.6 Å². The first-order valence-electron chi connectivity index (χ1n) is 10.9. The highest BCUT2D eigenvalue weighted by atomic mass is 32.2. The number of hydrogen-bond acceptors (Lipinski definition) is 4. The van der Waals surface area contributed by atoms with Crippen LogP contribution in [-0.4, -0.2) is 21.8 Å². The molecule has 0 unspecified atom stereocenters. The summed E-state index contributed by atoms with van der Waals surface area (Å²) >= 11 is 6.91. The van der Waals surface area contributed by atoms with Gasteiger partial charge >= 0.3 is 0 Å². The highest BCUT2D eigenvalue weighted by molar-refractivity contribution is 8.27. The van der Waals surface area contributed by atoms with Crippen molar-refractivity contribution in [1.29, 1.82) is 0 Å². The van der Waals surface area contributed by atoms with Crippen LogP contribution < -0.4 is 9.80 Å². The van der Waals surface area contributed by atoms with Gasteiger partial charge in [-0.3, -0.25) is 9.69 Å². The number of thiocarbonyl (C=S) groups is 1. The van der Waals surface area contributed by atoms with Crippen LogP contribution in [0.15, 0.2) is 47.4 Å². The smallest absolute Gasteiger partial charge is 0.270 e. The lowest BCUT2D eigenvalue weighted by molar-refractivity contribution is -0.113. The Kier molecular flexibility index (Phi) is 5.78. The second-order valence-corrected chi connectivity index (χ2v) is 11.2. The molecule has 2 aliphatic heterocycles. The Morgan fingerprint density at radius 3 is 2.52 bits per heavy atom. The predicted molar refractivity (Wildman–Crippen MR) is 138 cm³/mol. The SMILES string of the molecule is Cc1cc2c(cc1/C=C1\SC(=S)N(c3ccccc3)C1=O)[C@@H](C)CC(C)(C)N2C(C)C. The van der Waals surface area contributed by atoms with Gasteiger partial charge in [0.05, 0.1) is 10.6 Å². The molecule has 1 amide bonds. The summed E-state index contributed by atoms with van der Waals surface area (Å²) in [6.07, 6.45) is 3.13. The molecule has 31 heavy (non-hydrogen) atoms. The second kappa shape index (κ2) is 8.10. The molecule has 0 aromatic heterocycles. The van der Waals surface area contributed by atoms with Crippen molar-refractivity contribution in [3.8, 4) is 0 Å². The van der Waals surface area contributed by atoms with Crippen LogP contribution in [0.3, 0.4) is 0 Å². The third-order valence-electron chi connectivity index (χ3n) is 6.27. The summed E-state index contributed by atoms with van der Waals surface area (Å²) in [5.74, 6) is 0.419. The number of hydrogen-bond donors (Lipinski definition) is 0. The summed E-state index contributed by atoms with van der Waals surface area (Å²) in [5, 5.41) is 0. The lowest BCUT2D eigenvalue weighted by Gasteiger charge is -2.50. The van der Waals surface area contributed by atoms with Crippen molar-refractivity contribution in [3.05, 3.63) is 64.1 Å². The monoisotopic (exact) mass is 450 g/mol. The Balaban J connectivity index is 1.74. The molecule has 5 heteroatoms. The molecule has 0 radical (unpaired) electrons. The lowest BCUT2D eigenvalue weighted by atomic mass is 9.78. The molecule has 1 saturated heterocycles. The summed E-state index contributed by atoms with van der Waals surface area (Å²) in [4.78, 5) is 18.0. The van der Waals surface area contributed by atoms with Gasteiger partial charge in [0.2, 0.25) is 0 Å². The van der Waals surface area contributed by atoms with E-state index in [1.54, 1.807) is 4.90 Å². The Hall–Kier alpha value is -2.11. The Bertz CT molecular complexity index is 1070. The molecule has 0 bridgehead atoms. The van der Waals surface area contributed by atoms with E-state index in [1.165, 1.54) is 28.6 Å². The third kappa shape index (κ3) is 3.94. The van der Waals surface area contributed by atoms with E-state index in [0.29, 0.717) is 21.2 Å². The van der Waals surface area contributed by atoms with Gasteiger partial charge in [-0.2, -0.15) is 0 Å². The quantitative estimate of drug-likeness (QED) is 0.375. The minimum atomic E-state index is -0.0451. The number of anilines is 2. The fourth-order valence-corrected chi connectivity index (χ4v) is 6.45. The molecule has 3 nitrogen and oxygen atoms in total. The van der Waals surface area contributed by atoms with E-state index in [9.17, 15) is 4.79 Å². The number of fused-ring (bicyclic) bond motifs is 1. The standard InChI is InChI=1S/C26H30N2OS2/c1-16(2)28-22-12-17(3)19(13-21(22)18(4)15-26(28,5)6)14-23-24(29)27(25(30)31-23)20-10-8-7-9-11-20/h7-14,16,18H,15H2,1-6H3/b23-14-/t18-/m0/s1. The number of benzene rings is 2. The number of nitrogens with zero attached hydrogens (tertiary/aromatic N) is 2. The van der Waals surface area contributed by atoms with Crippen molar-refractivity contribution in [1.82, 2.24) is 0 Å². The molecular formula is C26H30N2OS2. The van der Waals surface area contributed by atoms with E-state index in [2.05, 4.69) is 58.6 Å². The summed E-state index contributed by atoms with van der Waals surface area (Å²) < 4.78 is 0.583. The molecule has 2 aromatic carbocycles. The van der Waals surface area contributed by atoms with Gasteiger partial charge in [0.15, 0.2) is 4.32 Å². The summed E-state index contributed by atoms with van der Waals surface area (Å²) in [6.45, 7) is 13.6. The number of amides is 1. The summed E-state index contributed by atoms with van der Waals surface area (Å²) in [6, 6.07) is 14.6. The fourth-order valence-electron chi connectivity index (χ4n) is 5.16. The molecule has 2 aliphatic rings. The van der Waals surface area contributed by atoms with Crippen LogP contribution in [0, 0.1) is 6.92 Å². The normalized spacial score (nSPS) is 21.9. The second-order valence-electron chi connectivity index (χ2n) is 9.50. The van der Waals surface area contributed by atoms with Crippen LogP contribution in [0.5, 0.6) is 0 Å². The molecule has 0 N–H and O–H groups in total. The number of rotatable bonds is 3. The van der Waals surface area contributed by atoms with Crippen LogP contribution in [0.4, 0.5) is 11.4 Å². The Labute approximate surface area is 195 Å². The van der Waals surface area contributed by atoms with Gasteiger partial charge in [0, 0.05) is 17.3 Å². The maximum atomic E-state index is 13.2. The number of aryl methyl sites for hydroxylation is 1. The van der Waals surface area contributed by atoms with E-state index in [4.69, 9.17) is 12.2 Å². The molecule has 1 atom stereocenters. The van der Waals surface area contributed by atoms with E-state index in [1.807, 2.05) is 36.4 Å². The first-order valence-corrected chi connectivity index (χ1v) is 12.1. The van der Waals surface area contributed by atoms with Crippen LogP contribution in [-0.2, 0) is 4.79 Å². The largest absolute Gasteiger partial charge is 0.364 e. The molecule has 0 aliphatic carbocycles. The predicted octanol–water partition coefficient (Wildman–Crippen LogP) is 6.90. The van der Waals surface area contributed by atoms with E-state index >= 15 is 0 Å². The van der Waals surface area contributed by atoms with Gasteiger partial charge in [-0.25, -0.2) is 0 Å². The fraction of sp³-hybridized carbons (Fsp3) is 0.385. The van der Waals surface area contributed by atoms with Crippen molar-refractivity contribution < 1.29 is 4.79 Å². The number of thioether (sulfide) groups is 1. The van der Waals surface area contributed by atoms with Crippen molar-refractivity contribution in [2.45, 2.75) is 65.5 Å². The van der Waals surface area contributed by atoms with Gasteiger partial charge in [0.25, 0.3) is 5.91 Å². The Morgan fingerprint density at radius 2 is 1.87 bits per heavy atom. The van der Waals surface area contributed by atoms with E-state index in [-0.39, 0.29) is 11.4 Å². The zero-order valence-electron chi connectivity index (χ0n) is 19.1. The van der Waals surface area contributed by atoms with E-state index in [0.717, 1.165) is 17.7 Å². The molecule has 1 fully saturated rings. The first-order chi connectivity index (χ1) is 14.6. The first kappa shape index (κ1) is 22.1. The zero-order chi connectivity index (χ0) is 22.5. The van der Waals surface area contributed by atoms with Crippen LogP contribution >= 0.6 is 24.0 Å². The molecule has 2 aromatic rings. The molecule has 0 spiro atoms. The molecular weight excluding hydrogens is 420 g/mol. The lowest BCUT2D eigenvalue weighted by Crippen LogP contribution is -2.51. The van der Waals surface area contributed by atoms with Crippen molar-refractivity contribution in [2.24, 2.45) is 0 Å².